The Morgan fingerprint density at radius 1 is 1.26 bits per heavy atom. The molecule has 1 atom stereocenters. The fourth-order valence-electron chi connectivity index (χ4n) is 2.98. The van der Waals surface area contributed by atoms with Crippen LogP contribution in [0.25, 0.3) is 0 Å². The van der Waals surface area contributed by atoms with Gasteiger partial charge in [-0.3, -0.25) is 4.79 Å². The van der Waals surface area contributed by atoms with Crippen LogP contribution in [0.15, 0.2) is 36.5 Å². The summed E-state index contributed by atoms with van der Waals surface area (Å²) in [6.07, 6.45) is 2.10. The molecule has 1 aromatic heterocycles. The Balaban J connectivity index is 1.66. The second-order valence-electron chi connectivity index (χ2n) is 6.66. The minimum absolute atomic E-state index is 0.0156. The Morgan fingerprint density at radius 3 is 2.78 bits per heavy atom. The van der Waals surface area contributed by atoms with Crippen molar-refractivity contribution < 1.29 is 18.3 Å². The molecule has 1 aliphatic heterocycles. The number of rotatable bonds is 4. The molecule has 144 valence electrons. The topological polar surface area (TPSA) is 42.4 Å². The Hall–Kier alpha value is -2.15. The van der Waals surface area contributed by atoms with Crippen molar-refractivity contribution in [3.63, 3.8) is 0 Å². The molecule has 0 radical (unpaired) electrons. The van der Waals surface area contributed by atoms with Crippen LogP contribution in [0.4, 0.5) is 8.78 Å². The van der Waals surface area contributed by atoms with Gasteiger partial charge in [0.05, 0.1) is 11.7 Å². The maximum atomic E-state index is 14.1. The molecule has 4 nitrogen and oxygen atoms in total. The van der Waals surface area contributed by atoms with Gasteiger partial charge < -0.3 is 9.64 Å². The Bertz CT molecular complexity index is 799. The van der Waals surface area contributed by atoms with Crippen molar-refractivity contribution in [1.82, 2.24) is 9.88 Å². The van der Waals surface area contributed by atoms with Crippen molar-refractivity contribution >= 4 is 17.7 Å². The number of benzene rings is 1. The summed E-state index contributed by atoms with van der Waals surface area (Å²) in [4.78, 5) is 18.7. The lowest BCUT2D eigenvalue weighted by Gasteiger charge is -2.20. The molecular formula is C20H22F2N2O2S. The number of thioether (sulfide) groups is 1. The van der Waals surface area contributed by atoms with Gasteiger partial charge in [0, 0.05) is 41.9 Å². The zero-order chi connectivity index (χ0) is 19.4. The van der Waals surface area contributed by atoms with Crippen LogP contribution in [0.1, 0.15) is 41.4 Å². The van der Waals surface area contributed by atoms with Crippen molar-refractivity contribution in [3.8, 4) is 5.88 Å². The van der Waals surface area contributed by atoms with E-state index >= 15 is 0 Å². The SMILES string of the molecule is CC(C)Oc1ccc(C(=O)N2CCSC(c3cc(F)ccc3F)CC2)cn1. The van der Waals surface area contributed by atoms with Gasteiger partial charge in [0.2, 0.25) is 5.88 Å². The van der Waals surface area contributed by atoms with E-state index in [1.54, 1.807) is 28.8 Å². The number of nitrogens with zero attached hydrogens (tertiary/aromatic N) is 2. The summed E-state index contributed by atoms with van der Waals surface area (Å²) in [6, 6.07) is 6.92. The quantitative estimate of drug-likeness (QED) is 0.770. The maximum absolute atomic E-state index is 14.1. The number of carbonyl (C=O) groups excluding carboxylic acids is 1. The molecule has 1 aromatic carbocycles. The number of pyridine rings is 1. The second kappa shape index (κ2) is 8.69. The number of carbonyl (C=O) groups is 1. The highest BCUT2D eigenvalue weighted by Gasteiger charge is 2.25. The lowest BCUT2D eigenvalue weighted by molar-refractivity contribution is 0.0766. The van der Waals surface area contributed by atoms with E-state index < -0.39 is 11.6 Å². The minimum atomic E-state index is -0.445. The summed E-state index contributed by atoms with van der Waals surface area (Å²) in [6.45, 7) is 4.86. The van der Waals surface area contributed by atoms with Gasteiger partial charge in [-0.15, -0.1) is 0 Å². The molecule has 1 fully saturated rings. The molecule has 1 amide bonds. The highest BCUT2D eigenvalue weighted by molar-refractivity contribution is 7.99. The summed E-state index contributed by atoms with van der Waals surface area (Å²) < 4.78 is 33.0. The van der Waals surface area contributed by atoms with E-state index in [0.29, 0.717) is 42.3 Å². The first-order valence-electron chi connectivity index (χ1n) is 8.92. The van der Waals surface area contributed by atoms with Crippen LogP contribution >= 0.6 is 11.8 Å². The molecule has 1 saturated heterocycles. The smallest absolute Gasteiger partial charge is 0.255 e. The van der Waals surface area contributed by atoms with E-state index in [-0.39, 0.29) is 17.3 Å². The summed E-state index contributed by atoms with van der Waals surface area (Å²) in [5.74, 6) is 0.181. The van der Waals surface area contributed by atoms with Gasteiger partial charge in [0.15, 0.2) is 0 Å². The number of ether oxygens (including phenoxy) is 1. The van der Waals surface area contributed by atoms with Gasteiger partial charge in [-0.25, -0.2) is 13.8 Å². The molecule has 0 N–H and O–H groups in total. The number of aromatic nitrogens is 1. The molecule has 7 heteroatoms. The fourth-order valence-corrected chi connectivity index (χ4v) is 4.23. The molecule has 1 aliphatic rings. The van der Waals surface area contributed by atoms with E-state index in [0.717, 1.165) is 12.1 Å². The molecule has 0 aliphatic carbocycles. The predicted octanol–water partition coefficient (Wildman–Crippen LogP) is 4.47. The van der Waals surface area contributed by atoms with Crippen LogP contribution in [0, 0.1) is 11.6 Å². The van der Waals surface area contributed by atoms with E-state index in [9.17, 15) is 13.6 Å². The predicted molar refractivity (Wildman–Crippen MR) is 102 cm³/mol. The molecule has 2 aromatic rings. The molecule has 2 heterocycles. The minimum Gasteiger partial charge on any atom is -0.475 e. The van der Waals surface area contributed by atoms with Crippen molar-refractivity contribution in [3.05, 3.63) is 59.3 Å². The number of halogens is 2. The van der Waals surface area contributed by atoms with E-state index in [4.69, 9.17) is 4.74 Å². The molecule has 0 spiro atoms. The number of amides is 1. The average molecular weight is 392 g/mol. The monoisotopic (exact) mass is 392 g/mol. The van der Waals surface area contributed by atoms with Crippen LogP contribution in [0.5, 0.6) is 5.88 Å². The largest absolute Gasteiger partial charge is 0.475 e. The second-order valence-corrected chi connectivity index (χ2v) is 7.97. The van der Waals surface area contributed by atoms with Crippen molar-refractivity contribution in [1.29, 1.82) is 0 Å². The first-order valence-corrected chi connectivity index (χ1v) is 9.97. The summed E-state index contributed by atoms with van der Waals surface area (Å²) >= 11 is 1.55. The van der Waals surface area contributed by atoms with Crippen LogP contribution in [-0.4, -0.2) is 40.7 Å². The molecule has 27 heavy (non-hydrogen) atoms. The van der Waals surface area contributed by atoms with Gasteiger partial charge in [-0.1, -0.05) is 0 Å². The van der Waals surface area contributed by atoms with Gasteiger partial charge in [-0.05, 0) is 44.5 Å². The van der Waals surface area contributed by atoms with Gasteiger partial charge >= 0.3 is 0 Å². The summed E-state index contributed by atoms with van der Waals surface area (Å²) in [5.41, 5.74) is 0.859. The first-order chi connectivity index (χ1) is 12.9. The van der Waals surface area contributed by atoms with Crippen molar-refractivity contribution in [2.24, 2.45) is 0 Å². The van der Waals surface area contributed by atoms with Crippen LogP contribution in [0.2, 0.25) is 0 Å². The highest BCUT2D eigenvalue weighted by atomic mass is 32.2. The lowest BCUT2D eigenvalue weighted by atomic mass is 10.1. The molecular weight excluding hydrogens is 370 g/mol. The third-order valence-corrected chi connectivity index (χ3v) is 5.58. The average Bonchev–Trinajstić information content (AvgIpc) is 2.89. The highest BCUT2D eigenvalue weighted by Crippen LogP contribution is 2.36. The third kappa shape index (κ3) is 4.97. The summed E-state index contributed by atoms with van der Waals surface area (Å²) in [7, 11) is 0. The third-order valence-electron chi connectivity index (χ3n) is 4.27. The van der Waals surface area contributed by atoms with Gasteiger partial charge in [0.25, 0.3) is 5.91 Å². The first kappa shape index (κ1) is 19.6. The number of hydrogen-bond donors (Lipinski definition) is 0. The molecule has 0 saturated carbocycles. The van der Waals surface area contributed by atoms with Gasteiger partial charge in [-0.2, -0.15) is 11.8 Å². The van der Waals surface area contributed by atoms with E-state index in [1.165, 1.54) is 12.3 Å². The lowest BCUT2D eigenvalue weighted by Crippen LogP contribution is -2.33. The van der Waals surface area contributed by atoms with Crippen LogP contribution in [-0.2, 0) is 0 Å². The fraction of sp³-hybridized carbons (Fsp3) is 0.400. The summed E-state index contributed by atoms with van der Waals surface area (Å²) in [5, 5.41) is -0.168. The van der Waals surface area contributed by atoms with E-state index in [1.807, 2.05) is 13.8 Å². The van der Waals surface area contributed by atoms with Gasteiger partial charge in [0.1, 0.15) is 11.6 Å². The van der Waals surface area contributed by atoms with E-state index in [2.05, 4.69) is 4.98 Å². The maximum Gasteiger partial charge on any atom is 0.255 e. The van der Waals surface area contributed by atoms with Crippen molar-refractivity contribution in [2.75, 3.05) is 18.8 Å². The molecule has 0 bridgehead atoms. The van der Waals surface area contributed by atoms with Crippen LogP contribution < -0.4 is 4.74 Å². The molecule has 3 rings (SSSR count). The molecule has 1 unspecified atom stereocenters. The zero-order valence-electron chi connectivity index (χ0n) is 15.3. The Labute approximate surface area is 161 Å². The standard InChI is InChI=1S/C20H22F2N2O2S/c1-13(2)26-19-6-3-14(12-23-19)20(25)24-8-7-18(27-10-9-24)16-11-15(21)4-5-17(16)22/h3-6,11-13,18H,7-10H2,1-2H3. The Kier molecular flexibility index (Phi) is 6.31. The van der Waals surface area contributed by atoms with Crippen molar-refractivity contribution in [2.45, 2.75) is 31.6 Å². The van der Waals surface area contributed by atoms with Crippen LogP contribution in [0.3, 0.4) is 0 Å². The Morgan fingerprint density at radius 2 is 2.07 bits per heavy atom. The normalized spacial score (nSPS) is 17.7. The number of hydrogen-bond acceptors (Lipinski definition) is 4. The zero-order valence-corrected chi connectivity index (χ0v) is 16.1.